The van der Waals surface area contributed by atoms with E-state index in [1.165, 1.54) is 12.1 Å². The second-order valence-electron chi connectivity index (χ2n) is 5.15. The van der Waals surface area contributed by atoms with E-state index in [-0.39, 0.29) is 5.82 Å². The predicted octanol–water partition coefficient (Wildman–Crippen LogP) is 2.54. The minimum absolute atomic E-state index is 0.321. The Kier molecular flexibility index (Phi) is 5.02. The van der Waals surface area contributed by atoms with E-state index in [0.717, 1.165) is 19.6 Å². The number of halogens is 2. The van der Waals surface area contributed by atoms with E-state index in [2.05, 4.69) is 24.1 Å². The number of hydrogen-bond donors (Lipinski definition) is 1. The molecule has 0 amide bonds. The summed E-state index contributed by atoms with van der Waals surface area (Å²) < 4.78 is 18.5. The Labute approximate surface area is 118 Å². The zero-order valence-electron chi connectivity index (χ0n) is 11.3. The van der Waals surface area contributed by atoms with E-state index in [1.807, 2.05) is 0 Å². The molecule has 0 bridgehead atoms. The third kappa shape index (κ3) is 4.34. The van der Waals surface area contributed by atoms with E-state index in [9.17, 15) is 4.39 Å². The van der Waals surface area contributed by atoms with Crippen LogP contribution in [0.25, 0.3) is 0 Å². The average Bonchev–Trinajstić information content (AvgIpc) is 2.30. The van der Waals surface area contributed by atoms with Crippen molar-refractivity contribution in [2.24, 2.45) is 0 Å². The Morgan fingerprint density at radius 3 is 2.68 bits per heavy atom. The third-order valence-corrected chi connectivity index (χ3v) is 3.49. The van der Waals surface area contributed by atoms with Crippen LogP contribution in [0.15, 0.2) is 18.2 Å². The molecule has 2 rings (SSSR count). The van der Waals surface area contributed by atoms with Crippen molar-refractivity contribution < 1.29 is 9.13 Å². The Morgan fingerprint density at radius 1 is 1.37 bits per heavy atom. The zero-order valence-corrected chi connectivity index (χ0v) is 12.1. The van der Waals surface area contributed by atoms with Gasteiger partial charge < -0.3 is 10.1 Å². The van der Waals surface area contributed by atoms with Gasteiger partial charge in [0.25, 0.3) is 0 Å². The molecule has 1 aromatic rings. The van der Waals surface area contributed by atoms with Gasteiger partial charge in [0.15, 0.2) is 0 Å². The van der Waals surface area contributed by atoms with Crippen LogP contribution in [-0.2, 0) is 0 Å². The SMILES string of the molecule is CC1CN(CCOc2ccc(F)cc2Cl)CC(C)N1. The van der Waals surface area contributed by atoms with Crippen molar-refractivity contribution in [3.05, 3.63) is 29.0 Å². The fourth-order valence-corrected chi connectivity index (χ4v) is 2.72. The second kappa shape index (κ2) is 6.55. The van der Waals surface area contributed by atoms with Gasteiger partial charge >= 0.3 is 0 Å². The highest BCUT2D eigenvalue weighted by molar-refractivity contribution is 6.32. The maximum Gasteiger partial charge on any atom is 0.138 e. The van der Waals surface area contributed by atoms with Crippen molar-refractivity contribution >= 4 is 11.6 Å². The molecule has 1 aliphatic rings. The first-order chi connectivity index (χ1) is 9.04. The molecule has 0 radical (unpaired) electrons. The summed E-state index contributed by atoms with van der Waals surface area (Å²) in [7, 11) is 0. The lowest BCUT2D eigenvalue weighted by molar-refractivity contribution is 0.146. The van der Waals surface area contributed by atoms with Gasteiger partial charge in [0.2, 0.25) is 0 Å². The van der Waals surface area contributed by atoms with Crippen LogP contribution in [-0.4, -0.2) is 43.2 Å². The van der Waals surface area contributed by atoms with Crippen LogP contribution >= 0.6 is 11.6 Å². The van der Waals surface area contributed by atoms with Crippen molar-refractivity contribution in [1.29, 1.82) is 0 Å². The van der Waals surface area contributed by atoms with Crippen LogP contribution < -0.4 is 10.1 Å². The summed E-state index contributed by atoms with van der Waals surface area (Å²) in [5.41, 5.74) is 0. The molecule has 5 heteroatoms. The van der Waals surface area contributed by atoms with Gasteiger partial charge in [-0.15, -0.1) is 0 Å². The van der Waals surface area contributed by atoms with Crippen molar-refractivity contribution in [2.75, 3.05) is 26.2 Å². The van der Waals surface area contributed by atoms with E-state index in [4.69, 9.17) is 16.3 Å². The molecule has 106 valence electrons. The summed E-state index contributed by atoms with van der Waals surface area (Å²) >= 11 is 5.91. The largest absolute Gasteiger partial charge is 0.491 e. The summed E-state index contributed by atoms with van der Waals surface area (Å²) in [6.07, 6.45) is 0. The first kappa shape index (κ1) is 14.6. The molecule has 2 unspecified atom stereocenters. The van der Waals surface area contributed by atoms with Crippen molar-refractivity contribution in [3.63, 3.8) is 0 Å². The maximum absolute atomic E-state index is 12.9. The Bertz CT molecular complexity index is 420. The fourth-order valence-electron chi connectivity index (χ4n) is 2.50. The van der Waals surface area contributed by atoms with E-state index >= 15 is 0 Å². The van der Waals surface area contributed by atoms with Gasteiger partial charge in [0.1, 0.15) is 18.2 Å². The molecular formula is C14H20ClFN2O. The topological polar surface area (TPSA) is 24.5 Å². The quantitative estimate of drug-likeness (QED) is 0.921. The highest BCUT2D eigenvalue weighted by Gasteiger charge is 2.20. The predicted molar refractivity (Wildman–Crippen MR) is 75.4 cm³/mol. The van der Waals surface area contributed by atoms with Crippen LogP contribution in [0.4, 0.5) is 4.39 Å². The molecule has 1 aromatic carbocycles. The number of ether oxygens (including phenoxy) is 1. The summed E-state index contributed by atoms with van der Waals surface area (Å²) in [6, 6.07) is 5.19. The van der Waals surface area contributed by atoms with Crippen molar-refractivity contribution in [3.8, 4) is 5.75 Å². The highest BCUT2D eigenvalue weighted by Crippen LogP contribution is 2.24. The number of hydrogen-bond acceptors (Lipinski definition) is 3. The summed E-state index contributed by atoms with van der Waals surface area (Å²) in [4.78, 5) is 2.36. The number of rotatable bonds is 4. The normalized spacial score (nSPS) is 24.4. The molecule has 19 heavy (non-hydrogen) atoms. The summed E-state index contributed by atoms with van der Waals surface area (Å²) in [6.45, 7) is 7.81. The molecule has 0 aliphatic carbocycles. The number of nitrogens with zero attached hydrogens (tertiary/aromatic N) is 1. The van der Waals surface area contributed by atoms with Crippen molar-refractivity contribution in [1.82, 2.24) is 10.2 Å². The Morgan fingerprint density at radius 2 is 2.05 bits per heavy atom. The number of benzene rings is 1. The lowest BCUT2D eigenvalue weighted by atomic mass is 10.1. The highest BCUT2D eigenvalue weighted by atomic mass is 35.5. The summed E-state index contributed by atoms with van der Waals surface area (Å²) in [5.74, 6) is 0.196. The first-order valence-corrected chi connectivity index (χ1v) is 6.98. The monoisotopic (exact) mass is 286 g/mol. The maximum atomic E-state index is 12.9. The van der Waals surface area contributed by atoms with Crippen LogP contribution in [0.1, 0.15) is 13.8 Å². The number of nitrogens with one attached hydrogen (secondary N) is 1. The molecule has 3 nitrogen and oxygen atoms in total. The van der Waals surface area contributed by atoms with Gasteiger partial charge in [-0.05, 0) is 32.0 Å². The zero-order chi connectivity index (χ0) is 13.8. The van der Waals surface area contributed by atoms with E-state index in [1.54, 1.807) is 6.07 Å². The Balaban J connectivity index is 1.80. The second-order valence-corrected chi connectivity index (χ2v) is 5.56. The van der Waals surface area contributed by atoms with Gasteiger partial charge in [-0.1, -0.05) is 11.6 Å². The van der Waals surface area contributed by atoms with Crippen LogP contribution in [0.5, 0.6) is 5.75 Å². The van der Waals surface area contributed by atoms with Gasteiger partial charge in [0, 0.05) is 31.7 Å². The van der Waals surface area contributed by atoms with Gasteiger partial charge in [-0.3, -0.25) is 4.90 Å². The molecule has 0 spiro atoms. The van der Waals surface area contributed by atoms with Crippen LogP contribution in [0, 0.1) is 5.82 Å². The van der Waals surface area contributed by atoms with Crippen LogP contribution in [0.2, 0.25) is 5.02 Å². The molecule has 0 saturated carbocycles. The van der Waals surface area contributed by atoms with Gasteiger partial charge in [-0.25, -0.2) is 4.39 Å². The van der Waals surface area contributed by atoms with Gasteiger partial charge in [-0.2, -0.15) is 0 Å². The molecule has 1 aliphatic heterocycles. The van der Waals surface area contributed by atoms with E-state index < -0.39 is 0 Å². The average molecular weight is 287 g/mol. The first-order valence-electron chi connectivity index (χ1n) is 6.61. The van der Waals surface area contributed by atoms with Gasteiger partial charge in [0.05, 0.1) is 5.02 Å². The summed E-state index contributed by atoms with van der Waals surface area (Å²) in [5, 5.41) is 3.81. The fraction of sp³-hybridized carbons (Fsp3) is 0.571. The molecule has 0 aromatic heterocycles. The van der Waals surface area contributed by atoms with Crippen LogP contribution in [0.3, 0.4) is 0 Å². The smallest absolute Gasteiger partial charge is 0.138 e. The minimum Gasteiger partial charge on any atom is -0.491 e. The standard InChI is InChI=1S/C14H20ClFN2O/c1-10-8-18(9-11(2)17-10)5-6-19-14-4-3-12(16)7-13(14)15/h3-4,7,10-11,17H,5-6,8-9H2,1-2H3. The van der Waals surface area contributed by atoms with Crippen molar-refractivity contribution in [2.45, 2.75) is 25.9 Å². The lowest BCUT2D eigenvalue weighted by Gasteiger charge is -2.35. The third-order valence-electron chi connectivity index (χ3n) is 3.19. The lowest BCUT2D eigenvalue weighted by Crippen LogP contribution is -2.54. The Hall–Kier alpha value is -0.840. The molecule has 1 fully saturated rings. The molecule has 1 saturated heterocycles. The van der Waals surface area contributed by atoms with E-state index in [0.29, 0.717) is 29.5 Å². The minimum atomic E-state index is -0.345. The molecule has 2 atom stereocenters. The molecule has 1 N–H and O–H groups in total. The molecule has 1 heterocycles. The number of piperazine rings is 1. The molecular weight excluding hydrogens is 267 g/mol.